The highest BCUT2D eigenvalue weighted by atomic mass is 32.1. The summed E-state index contributed by atoms with van der Waals surface area (Å²) in [5.41, 5.74) is 2.32. The molecule has 1 aromatic heterocycles. The van der Waals surface area contributed by atoms with Gasteiger partial charge in [-0.1, -0.05) is 12.1 Å². The van der Waals surface area contributed by atoms with E-state index in [1.807, 2.05) is 25.1 Å². The van der Waals surface area contributed by atoms with Gasteiger partial charge in [-0.2, -0.15) is 0 Å². The molecule has 0 radical (unpaired) electrons. The Kier molecular flexibility index (Phi) is 6.87. The van der Waals surface area contributed by atoms with Crippen molar-refractivity contribution in [3.05, 3.63) is 45.9 Å². The Balaban J connectivity index is 1.63. The van der Waals surface area contributed by atoms with Gasteiger partial charge in [0.2, 0.25) is 0 Å². The van der Waals surface area contributed by atoms with E-state index in [9.17, 15) is 0 Å². The first kappa shape index (κ1) is 17.3. The smallest absolute Gasteiger partial charge is 0.191 e. The highest BCUT2D eigenvalue weighted by Crippen LogP contribution is 2.11. The molecule has 23 heavy (non-hydrogen) atoms. The molecule has 6 heteroatoms. The van der Waals surface area contributed by atoms with Crippen molar-refractivity contribution >= 4 is 17.3 Å². The van der Waals surface area contributed by atoms with Gasteiger partial charge in [0, 0.05) is 25.4 Å². The lowest BCUT2D eigenvalue weighted by molar-refractivity contribution is 0.321. The van der Waals surface area contributed by atoms with Crippen molar-refractivity contribution in [2.24, 2.45) is 4.99 Å². The molecule has 2 rings (SSSR count). The molecule has 1 aromatic carbocycles. The van der Waals surface area contributed by atoms with Gasteiger partial charge in [-0.05, 0) is 31.5 Å². The summed E-state index contributed by atoms with van der Waals surface area (Å²) < 4.78 is 5.70. The zero-order chi connectivity index (χ0) is 16.5. The van der Waals surface area contributed by atoms with Crippen molar-refractivity contribution in [2.75, 3.05) is 26.7 Å². The second kappa shape index (κ2) is 9.15. The van der Waals surface area contributed by atoms with Gasteiger partial charge in [0.05, 0.1) is 17.2 Å². The molecule has 0 aliphatic heterocycles. The van der Waals surface area contributed by atoms with Gasteiger partial charge in [-0.3, -0.25) is 4.99 Å². The molecule has 0 aliphatic carbocycles. The van der Waals surface area contributed by atoms with Gasteiger partial charge >= 0.3 is 0 Å². The van der Waals surface area contributed by atoms with Gasteiger partial charge in [0.15, 0.2) is 5.96 Å². The van der Waals surface area contributed by atoms with E-state index in [-0.39, 0.29) is 0 Å². The molecule has 0 saturated heterocycles. The van der Waals surface area contributed by atoms with Crippen LogP contribution in [0.15, 0.2) is 34.6 Å². The van der Waals surface area contributed by atoms with E-state index in [1.54, 1.807) is 18.4 Å². The predicted octanol–water partition coefficient (Wildman–Crippen LogP) is 2.55. The Bertz CT molecular complexity index is 639. The van der Waals surface area contributed by atoms with Crippen LogP contribution in [-0.4, -0.2) is 37.7 Å². The Hall–Kier alpha value is -2.08. The van der Waals surface area contributed by atoms with Crippen molar-refractivity contribution in [3.63, 3.8) is 0 Å². The lowest BCUT2D eigenvalue weighted by Crippen LogP contribution is -2.40. The third-order valence-electron chi connectivity index (χ3n) is 3.22. The van der Waals surface area contributed by atoms with Crippen LogP contribution in [0.5, 0.6) is 5.75 Å². The molecular formula is C17H24N4OS. The van der Waals surface area contributed by atoms with E-state index >= 15 is 0 Å². The lowest BCUT2D eigenvalue weighted by Gasteiger charge is -2.12. The van der Waals surface area contributed by atoms with Crippen LogP contribution in [0.1, 0.15) is 16.3 Å². The molecule has 0 aliphatic rings. The monoisotopic (exact) mass is 332 g/mol. The highest BCUT2D eigenvalue weighted by molar-refractivity contribution is 7.09. The van der Waals surface area contributed by atoms with E-state index < -0.39 is 0 Å². The predicted molar refractivity (Wildman–Crippen MR) is 96.6 cm³/mol. The Morgan fingerprint density at radius 1 is 1.26 bits per heavy atom. The zero-order valence-electron chi connectivity index (χ0n) is 13.9. The van der Waals surface area contributed by atoms with E-state index in [0.717, 1.165) is 35.4 Å². The third kappa shape index (κ3) is 6.28. The van der Waals surface area contributed by atoms with Crippen molar-refractivity contribution in [1.29, 1.82) is 0 Å². The fourth-order valence-corrected chi connectivity index (χ4v) is 2.74. The minimum absolute atomic E-state index is 0.593. The molecule has 0 fully saturated rings. The molecule has 1 heterocycles. The molecule has 2 aromatic rings. The molecule has 0 amide bonds. The summed E-state index contributed by atoms with van der Waals surface area (Å²) in [4.78, 5) is 8.65. The van der Waals surface area contributed by atoms with Crippen molar-refractivity contribution < 1.29 is 4.74 Å². The topological polar surface area (TPSA) is 58.5 Å². The minimum Gasteiger partial charge on any atom is -0.492 e. The van der Waals surface area contributed by atoms with Crippen molar-refractivity contribution in [3.8, 4) is 5.75 Å². The maximum Gasteiger partial charge on any atom is 0.191 e. The molecule has 0 unspecified atom stereocenters. The van der Waals surface area contributed by atoms with Crippen LogP contribution < -0.4 is 15.4 Å². The number of benzene rings is 1. The first-order valence-corrected chi connectivity index (χ1v) is 8.60. The number of aromatic nitrogens is 1. The van der Waals surface area contributed by atoms with E-state index in [2.05, 4.69) is 39.0 Å². The molecule has 0 atom stereocenters. The summed E-state index contributed by atoms with van der Waals surface area (Å²) in [5.74, 6) is 1.68. The van der Waals surface area contributed by atoms with Crippen molar-refractivity contribution in [1.82, 2.24) is 15.6 Å². The number of aryl methyl sites for hydroxylation is 2. The van der Waals surface area contributed by atoms with Crippen LogP contribution in [0, 0.1) is 13.8 Å². The average Bonchev–Trinajstić information content (AvgIpc) is 2.95. The standard InChI is InChI=1S/C17H24N4OS/c1-13-5-4-6-16(11-13)22-10-9-20-17(18-3)19-8-7-15-12-23-14(2)21-15/h4-6,11-12H,7-10H2,1-3H3,(H2,18,19,20). The largest absolute Gasteiger partial charge is 0.492 e. The summed E-state index contributed by atoms with van der Waals surface area (Å²) in [7, 11) is 1.77. The zero-order valence-corrected chi connectivity index (χ0v) is 14.7. The minimum atomic E-state index is 0.593. The highest BCUT2D eigenvalue weighted by Gasteiger charge is 2.01. The fraction of sp³-hybridized carbons (Fsp3) is 0.412. The Labute approximate surface area is 141 Å². The fourth-order valence-electron chi connectivity index (χ4n) is 2.10. The number of hydrogen-bond donors (Lipinski definition) is 2. The first-order valence-electron chi connectivity index (χ1n) is 7.72. The number of hydrogen-bond acceptors (Lipinski definition) is 4. The van der Waals surface area contributed by atoms with Gasteiger partial charge in [0.25, 0.3) is 0 Å². The molecule has 0 spiro atoms. The average molecular weight is 332 g/mol. The molecule has 5 nitrogen and oxygen atoms in total. The summed E-state index contributed by atoms with van der Waals surface area (Å²) in [5, 5.41) is 9.73. The number of guanidine groups is 1. The number of nitrogens with one attached hydrogen (secondary N) is 2. The quantitative estimate of drug-likeness (QED) is 0.465. The first-order chi connectivity index (χ1) is 11.2. The number of ether oxygens (including phenoxy) is 1. The van der Waals surface area contributed by atoms with Crippen LogP contribution >= 0.6 is 11.3 Å². The third-order valence-corrected chi connectivity index (χ3v) is 4.04. The van der Waals surface area contributed by atoms with E-state index in [4.69, 9.17) is 4.74 Å². The number of nitrogens with zero attached hydrogens (tertiary/aromatic N) is 2. The Morgan fingerprint density at radius 3 is 2.78 bits per heavy atom. The lowest BCUT2D eigenvalue weighted by atomic mass is 10.2. The SMILES string of the molecule is CN=C(NCCOc1cccc(C)c1)NCCc1csc(C)n1. The number of thiazole rings is 1. The van der Waals surface area contributed by atoms with Crippen molar-refractivity contribution in [2.45, 2.75) is 20.3 Å². The maximum absolute atomic E-state index is 5.70. The van der Waals surface area contributed by atoms with E-state index in [1.165, 1.54) is 5.56 Å². The van der Waals surface area contributed by atoms with Crippen LogP contribution in [0.2, 0.25) is 0 Å². The summed E-state index contributed by atoms with van der Waals surface area (Å²) >= 11 is 1.68. The van der Waals surface area contributed by atoms with Crippen LogP contribution in [-0.2, 0) is 6.42 Å². The molecule has 2 N–H and O–H groups in total. The van der Waals surface area contributed by atoms with Gasteiger partial charge in [0.1, 0.15) is 12.4 Å². The summed E-state index contributed by atoms with van der Waals surface area (Å²) in [6, 6.07) is 8.05. The van der Waals surface area contributed by atoms with Crippen LogP contribution in [0.25, 0.3) is 0 Å². The Morgan fingerprint density at radius 2 is 2.09 bits per heavy atom. The second-order valence-corrected chi connectivity index (χ2v) is 6.26. The van der Waals surface area contributed by atoms with Crippen LogP contribution in [0.4, 0.5) is 0 Å². The molecule has 124 valence electrons. The number of aliphatic imine (C=N–C) groups is 1. The molecule has 0 saturated carbocycles. The van der Waals surface area contributed by atoms with Crippen LogP contribution in [0.3, 0.4) is 0 Å². The summed E-state index contributed by atoms with van der Waals surface area (Å²) in [6.07, 6.45) is 0.894. The van der Waals surface area contributed by atoms with Gasteiger partial charge in [-0.25, -0.2) is 4.98 Å². The van der Waals surface area contributed by atoms with E-state index in [0.29, 0.717) is 13.2 Å². The second-order valence-electron chi connectivity index (χ2n) is 5.20. The normalized spacial score (nSPS) is 11.3. The van der Waals surface area contributed by atoms with Gasteiger partial charge in [-0.15, -0.1) is 11.3 Å². The summed E-state index contributed by atoms with van der Waals surface area (Å²) in [6.45, 7) is 6.18. The molecular weight excluding hydrogens is 308 g/mol. The molecule has 0 bridgehead atoms. The van der Waals surface area contributed by atoms with Gasteiger partial charge < -0.3 is 15.4 Å². The maximum atomic E-state index is 5.70. The number of rotatable bonds is 7.